The number of rotatable bonds is 2. The normalized spacial score (nSPS) is 25.5. The van der Waals surface area contributed by atoms with Crippen LogP contribution >= 0.6 is 23.4 Å². The molecule has 1 aromatic carbocycles. The van der Waals surface area contributed by atoms with E-state index in [1.165, 1.54) is 16.7 Å². The highest BCUT2D eigenvalue weighted by molar-refractivity contribution is 7.99. The molecule has 4 heteroatoms. The minimum Gasteiger partial charge on any atom is -0.493 e. The highest BCUT2D eigenvalue weighted by Gasteiger charge is 2.33. The van der Waals surface area contributed by atoms with Crippen molar-refractivity contribution >= 4 is 23.4 Å². The Morgan fingerprint density at radius 3 is 3.17 bits per heavy atom. The maximum atomic E-state index is 6.52. The summed E-state index contributed by atoms with van der Waals surface area (Å²) in [5, 5.41) is 5.02. The molecule has 2 aliphatic heterocycles. The number of ether oxygens (including phenoxy) is 1. The Labute approximate surface area is 117 Å². The van der Waals surface area contributed by atoms with Crippen molar-refractivity contribution in [3.63, 3.8) is 0 Å². The summed E-state index contributed by atoms with van der Waals surface area (Å²) in [4.78, 5) is 0. The van der Waals surface area contributed by atoms with E-state index >= 15 is 0 Å². The van der Waals surface area contributed by atoms with E-state index in [1.54, 1.807) is 0 Å². The Morgan fingerprint density at radius 2 is 2.39 bits per heavy atom. The first-order valence-corrected chi connectivity index (χ1v) is 7.97. The number of benzene rings is 1. The van der Waals surface area contributed by atoms with Gasteiger partial charge in [-0.15, -0.1) is 0 Å². The van der Waals surface area contributed by atoms with Gasteiger partial charge in [0, 0.05) is 34.1 Å². The quantitative estimate of drug-likeness (QED) is 0.897. The summed E-state index contributed by atoms with van der Waals surface area (Å²) in [5.74, 6) is 2.12. The molecule has 1 aromatic rings. The number of hydrogen-bond donors (Lipinski definition) is 1. The number of hydrogen-bond acceptors (Lipinski definition) is 3. The molecule has 2 heterocycles. The lowest BCUT2D eigenvalue weighted by molar-refractivity contribution is 0.353. The molecule has 18 heavy (non-hydrogen) atoms. The average Bonchev–Trinajstić information content (AvgIpc) is 2.80. The van der Waals surface area contributed by atoms with Crippen LogP contribution in [0.4, 0.5) is 0 Å². The zero-order valence-electron chi connectivity index (χ0n) is 10.8. The van der Waals surface area contributed by atoms with Gasteiger partial charge in [0.1, 0.15) is 5.75 Å². The Bertz CT molecular complexity index is 477. The standard InChI is InChI=1S/C14H18ClNOS/c1-3-16-13-8(2)18-7-10-12(13)11(15)6-9-4-5-17-14(9)10/h6,8,13,16H,3-5,7H2,1-2H3. The van der Waals surface area contributed by atoms with Gasteiger partial charge in [0.25, 0.3) is 0 Å². The van der Waals surface area contributed by atoms with Gasteiger partial charge in [0.2, 0.25) is 0 Å². The summed E-state index contributed by atoms with van der Waals surface area (Å²) in [5.41, 5.74) is 3.87. The van der Waals surface area contributed by atoms with E-state index in [1.807, 2.05) is 11.8 Å². The molecule has 2 aliphatic rings. The predicted molar refractivity (Wildman–Crippen MR) is 77.8 cm³/mol. The van der Waals surface area contributed by atoms with Crippen LogP contribution in [0.5, 0.6) is 5.75 Å². The molecule has 3 rings (SSSR count). The van der Waals surface area contributed by atoms with Crippen molar-refractivity contribution in [2.75, 3.05) is 13.2 Å². The van der Waals surface area contributed by atoms with Crippen molar-refractivity contribution in [2.24, 2.45) is 0 Å². The van der Waals surface area contributed by atoms with E-state index in [0.717, 1.165) is 36.1 Å². The maximum absolute atomic E-state index is 6.52. The Morgan fingerprint density at radius 1 is 1.56 bits per heavy atom. The summed E-state index contributed by atoms with van der Waals surface area (Å²) in [7, 11) is 0. The molecular weight excluding hydrogens is 266 g/mol. The molecule has 98 valence electrons. The molecule has 0 bridgehead atoms. The lowest BCUT2D eigenvalue weighted by Gasteiger charge is -2.33. The zero-order chi connectivity index (χ0) is 12.7. The maximum Gasteiger partial charge on any atom is 0.127 e. The monoisotopic (exact) mass is 283 g/mol. The van der Waals surface area contributed by atoms with Crippen LogP contribution in [0.3, 0.4) is 0 Å². The molecule has 0 aromatic heterocycles. The molecule has 0 saturated carbocycles. The first-order valence-electron chi connectivity index (χ1n) is 6.54. The third-order valence-electron chi connectivity index (χ3n) is 3.76. The summed E-state index contributed by atoms with van der Waals surface area (Å²) in [6.45, 7) is 6.17. The van der Waals surface area contributed by atoms with Gasteiger partial charge < -0.3 is 10.1 Å². The number of thioether (sulfide) groups is 1. The highest BCUT2D eigenvalue weighted by atomic mass is 35.5. The van der Waals surface area contributed by atoms with Gasteiger partial charge in [-0.1, -0.05) is 25.4 Å². The van der Waals surface area contributed by atoms with Gasteiger partial charge in [-0.05, 0) is 23.7 Å². The molecule has 0 aliphatic carbocycles. The predicted octanol–water partition coefficient (Wildman–Crippen LogP) is 3.56. The van der Waals surface area contributed by atoms with Crippen molar-refractivity contribution in [1.82, 2.24) is 5.32 Å². The van der Waals surface area contributed by atoms with E-state index in [0.29, 0.717) is 11.3 Å². The Hall–Kier alpha value is -0.380. The Balaban J connectivity index is 2.12. The number of nitrogens with one attached hydrogen (secondary N) is 1. The van der Waals surface area contributed by atoms with E-state index in [2.05, 4.69) is 25.2 Å². The molecular formula is C14H18ClNOS. The van der Waals surface area contributed by atoms with Gasteiger partial charge in [0.05, 0.1) is 6.61 Å². The second-order valence-corrected chi connectivity index (χ2v) is 6.66. The van der Waals surface area contributed by atoms with Gasteiger partial charge >= 0.3 is 0 Å². The first kappa shape index (κ1) is 12.6. The third-order valence-corrected chi connectivity index (χ3v) is 5.33. The fourth-order valence-electron chi connectivity index (χ4n) is 2.90. The van der Waals surface area contributed by atoms with Crippen molar-refractivity contribution in [2.45, 2.75) is 37.3 Å². The smallest absolute Gasteiger partial charge is 0.127 e. The van der Waals surface area contributed by atoms with Crippen molar-refractivity contribution < 1.29 is 4.74 Å². The SMILES string of the molecule is CCNC1c2c(Cl)cc3c(c2CSC1C)OCC3. The number of halogens is 1. The molecule has 0 fully saturated rings. The molecule has 0 radical (unpaired) electrons. The van der Waals surface area contributed by atoms with Gasteiger partial charge in [-0.25, -0.2) is 0 Å². The largest absolute Gasteiger partial charge is 0.493 e. The molecule has 1 N–H and O–H groups in total. The van der Waals surface area contributed by atoms with E-state index in [-0.39, 0.29) is 0 Å². The molecule has 2 nitrogen and oxygen atoms in total. The van der Waals surface area contributed by atoms with Crippen LogP contribution in [-0.4, -0.2) is 18.4 Å². The first-order chi connectivity index (χ1) is 8.72. The van der Waals surface area contributed by atoms with E-state index < -0.39 is 0 Å². The minimum absolute atomic E-state index is 0.339. The van der Waals surface area contributed by atoms with Gasteiger partial charge in [-0.3, -0.25) is 0 Å². The topological polar surface area (TPSA) is 21.3 Å². The highest BCUT2D eigenvalue weighted by Crippen LogP contribution is 2.47. The fourth-order valence-corrected chi connectivity index (χ4v) is 4.40. The van der Waals surface area contributed by atoms with Crippen molar-refractivity contribution in [3.05, 3.63) is 27.8 Å². The van der Waals surface area contributed by atoms with E-state index in [4.69, 9.17) is 16.3 Å². The van der Waals surface area contributed by atoms with Gasteiger partial charge in [0.15, 0.2) is 0 Å². The summed E-state index contributed by atoms with van der Waals surface area (Å²) in [6.07, 6.45) is 0.994. The lowest BCUT2D eigenvalue weighted by atomic mass is 9.94. The van der Waals surface area contributed by atoms with Crippen LogP contribution in [0, 0.1) is 0 Å². The summed E-state index contributed by atoms with van der Waals surface area (Å²) >= 11 is 8.50. The van der Waals surface area contributed by atoms with Crippen molar-refractivity contribution in [3.8, 4) is 5.75 Å². The molecule has 2 unspecified atom stereocenters. The lowest BCUT2D eigenvalue weighted by Crippen LogP contribution is -2.32. The van der Waals surface area contributed by atoms with Crippen LogP contribution in [-0.2, 0) is 12.2 Å². The number of fused-ring (bicyclic) bond motifs is 3. The summed E-state index contributed by atoms with van der Waals surface area (Å²) < 4.78 is 5.81. The second kappa shape index (κ2) is 4.95. The Kier molecular flexibility index (Phi) is 3.48. The fraction of sp³-hybridized carbons (Fsp3) is 0.571. The molecule has 0 spiro atoms. The van der Waals surface area contributed by atoms with Crippen LogP contribution in [0.25, 0.3) is 0 Å². The third kappa shape index (κ3) is 1.93. The second-order valence-electron chi connectivity index (χ2n) is 4.89. The van der Waals surface area contributed by atoms with Crippen LogP contribution < -0.4 is 10.1 Å². The van der Waals surface area contributed by atoms with E-state index in [9.17, 15) is 0 Å². The van der Waals surface area contributed by atoms with Crippen molar-refractivity contribution in [1.29, 1.82) is 0 Å². The molecule has 0 saturated heterocycles. The zero-order valence-corrected chi connectivity index (χ0v) is 12.3. The van der Waals surface area contributed by atoms with Crippen LogP contribution in [0.2, 0.25) is 5.02 Å². The molecule has 2 atom stereocenters. The van der Waals surface area contributed by atoms with Gasteiger partial charge in [-0.2, -0.15) is 11.8 Å². The summed E-state index contributed by atoms with van der Waals surface area (Å²) in [6, 6.07) is 2.45. The average molecular weight is 284 g/mol. The van der Waals surface area contributed by atoms with Crippen LogP contribution in [0.1, 0.15) is 36.6 Å². The molecule has 0 amide bonds. The minimum atomic E-state index is 0.339. The van der Waals surface area contributed by atoms with Crippen LogP contribution in [0.15, 0.2) is 6.07 Å².